The third-order valence-corrected chi connectivity index (χ3v) is 9.04. The molecule has 1 aromatic carbocycles. The molecule has 0 radical (unpaired) electrons. The fourth-order valence-electron chi connectivity index (χ4n) is 3.81. The van der Waals surface area contributed by atoms with Crippen molar-refractivity contribution in [1.82, 2.24) is 19.6 Å². The molecule has 0 bridgehead atoms. The fraction of sp³-hybridized carbons (Fsp3) is 0.409. The maximum atomic E-state index is 16.1. The molecule has 3 N–H and O–H groups in total. The number of alkyl halides is 2. The summed E-state index contributed by atoms with van der Waals surface area (Å²) in [6.07, 6.45) is -1.51. The van der Waals surface area contributed by atoms with E-state index in [1.54, 1.807) is 43.3 Å². The molecule has 2 aromatic heterocycles. The molecule has 15 heteroatoms. The topological polar surface area (TPSA) is 175 Å². The molecule has 1 aliphatic heterocycles. The number of rotatable bonds is 9. The zero-order valence-corrected chi connectivity index (χ0v) is 22.2. The summed E-state index contributed by atoms with van der Waals surface area (Å²) in [6, 6.07) is 9.92. The van der Waals surface area contributed by atoms with Gasteiger partial charge in [-0.1, -0.05) is 25.1 Å². The van der Waals surface area contributed by atoms with E-state index in [-0.39, 0.29) is 34.9 Å². The van der Waals surface area contributed by atoms with E-state index in [0.717, 1.165) is 17.0 Å². The number of carbonyl (C=O) groups is 1. The van der Waals surface area contributed by atoms with Gasteiger partial charge in [-0.25, -0.2) is 23.4 Å². The van der Waals surface area contributed by atoms with Crippen molar-refractivity contribution in [2.75, 3.05) is 18.5 Å². The zero-order valence-electron chi connectivity index (χ0n) is 19.7. The van der Waals surface area contributed by atoms with E-state index in [4.69, 9.17) is 19.5 Å². The number of nitrogens with two attached hydrogens (primary N) is 1. The molecular weight excluding hydrogens is 574 g/mol. The summed E-state index contributed by atoms with van der Waals surface area (Å²) in [4.78, 5) is 19.7. The second-order valence-electron chi connectivity index (χ2n) is 8.55. The van der Waals surface area contributed by atoms with Gasteiger partial charge in [0.25, 0.3) is 0 Å². The standard InChI is InChI=1S/C22H23BrFN6O6P/c1-13(14(2)31)10-37(33,36-15-6-4-3-5-7-15)34-9-16-18(32)22(23,24)21(11-25,35-16)17-8-27-20-19(26)28-12-29-30(17)20/h3-8,12-13,16,18,32H,9-10H2,1-2H3,(H2,26,28,29)/t13-,16-,18+,21+,22?,37?/m1/s1. The summed E-state index contributed by atoms with van der Waals surface area (Å²) >= 11 is 2.81. The number of hydrogen-bond donors (Lipinski definition) is 2. The Hall–Kier alpha value is -2.95. The van der Waals surface area contributed by atoms with Crippen molar-refractivity contribution in [3.05, 3.63) is 48.5 Å². The SMILES string of the molecule is CC(=O)[C@H](C)CP(=O)(OC[C@H]1O[C@@](C#N)(c2cnc3c(N)ncnn23)C(F)(Br)[C@H]1O)Oc1ccccc1. The van der Waals surface area contributed by atoms with Crippen molar-refractivity contribution >= 4 is 40.8 Å². The van der Waals surface area contributed by atoms with Crippen LogP contribution in [-0.2, 0) is 24.2 Å². The smallest absolute Gasteiger partial charge is 0.379 e. The first kappa shape index (κ1) is 27.1. The number of ether oxygens (including phenoxy) is 1. The van der Waals surface area contributed by atoms with Gasteiger partial charge >= 0.3 is 7.60 Å². The van der Waals surface area contributed by atoms with Crippen LogP contribution in [0, 0.1) is 17.2 Å². The van der Waals surface area contributed by atoms with Crippen molar-refractivity contribution in [1.29, 1.82) is 5.26 Å². The summed E-state index contributed by atoms with van der Waals surface area (Å²) in [7, 11) is -4.02. The highest BCUT2D eigenvalue weighted by molar-refractivity contribution is 9.10. The monoisotopic (exact) mass is 596 g/mol. The Balaban J connectivity index is 1.64. The number of ketones is 1. The van der Waals surface area contributed by atoms with Crippen LogP contribution < -0.4 is 10.3 Å². The van der Waals surface area contributed by atoms with Crippen LogP contribution in [0.1, 0.15) is 19.5 Å². The highest BCUT2D eigenvalue weighted by atomic mass is 79.9. The molecule has 4 rings (SSSR count). The quantitative estimate of drug-likeness (QED) is 0.274. The minimum atomic E-state index is -4.02. The second kappa shape index (κ2) is 10.1. The average molecular weight is 597 g/mol. The molecular formula is C22H23BrFN6O6P. The fourth-order valence-corrected chi connectivity index (χ4v) is 6.47. The molecule has 6 atom stereocenters. The van der Waals surface area contributed by atoms with Gasteiger partial charge in [0.2, 0.25) is 10.2 Å². The van der Waals surface area contributed by atoms with Gasteiger partial charge in [0.05, 0.1) is 19.0 Å². The summed E-state index contributed by atoms with van der Waals surface area (Å²) in [6.45, 7) is 2.28. The number of hydrogen-bond acceptors (Lipinski definition) is 11. The third-order valence-electron chi connectivity index (χ3n) is 5.98. The van der Waals surface area contributed by atoms with E-state index in [1.807, 2.05) is 0 Å². The number of Topliss-reactive ketones (excluding diaryl/α,β-unsaturated/α-hetero) is 1. The summed E-state index contributed by atoms with van der Waals surface area (Å²) in [5.74, 6) is -0.713. The van der Waals surface area contributed by atoms with Gasteiger partial charge in [-0.2, -0.15) is 10.4 Å². The Kier molecular flexibility index (Phi) is 7.38. The van der Waals surface area contributed by atoms with Gasteiger partial charge in [0, 0.05) is 5.92 Å². The Morgan fingerprint density at radius 3 is 2.78 bits per heavy atom. The van der Waals surface area contributed by atoms with Gasteiger partial charge in [0.1, 0.15) is 41.8 Å². The normalized spacial score (nSPS) is 27.9. The lowest BCUT2D eigenvalue weighted by Crippen LogP contribution is -2.46. The first-order valence-corrected chi connectivity index (χ1v) is 13.5. The number of nitriles is 1. The van der Waals surface area contributed by atoms with E-state index in [9.17, 15) is 19.7 Å². The summed E-state index contributed by atoms with van der Waals surface area (Å²) in [5.41, 5.74) is 3.21. The molecule has 0 saturated carbocycles. The number of anilines is 1. The minimum absolute atomic E-state index is 0.0228. The van der Waals surface area contributed by atoms with Crippen LogP contribution in [0.5, 0.6) is 5.75 Å². The van der Waals surface area contributed by atoms with E-state index in [2.05, 4.69) is 31.0 Å². The van der Waals surface area contributed by atoms with Crippen LogP contribution >= 0.6 is 23.5 Å². The van der Waals surface area contributed by atoms with Gasteiger partial charge in [-0.05, 0) is 35.0 Å². The molecule has 12 nitrogen and oxygen atoms in total. The van der Waals surface area contributed by atoms with Crippen LogP contribution in [0.2, 0.25) is 0 Å². The highest BCUT2D eigenvalue weighted by Crippen LogP contribution is 2.55. The molecule has 0 spiro atoms. The predicted octanol–water partition coefficient (Wildman–Crippen LogP) is 2.76. The number of aromatic nitrogens is 4. The Labute approximate surface area is 219 Å². The van der Waals surface area contributed by atoms with E-state index in [0.29, 0.717) is 0 Å². The van der Waals surface area contributed by atoms with Gasteiger partial charge < -0.3 is 20.1 Å². The number of benzene rings is 1. The van der Waals surface area contributed by atoms with Gasteiger partial charge in [-0.15, -0.1) is 0 Å². The van der Waals surface area contributed by atoms with Crippen LogP contribution in [0.4, 0.5) is 10.2 Å². The Bertz CT molecular complexity index is 1400. The molecule has 2 unspecified atom stereocenters. The first-order chi connectivity index (χ1) is 17.4. The number of aliphatic hydroxyl groups excluding tert-OH is 1. The van der Waals surface area contributed by atoms with Gasteiger partial charge in [0.15, 0.2) is 11.5 Å². The van der Waals surface area contributed by atoms with Crippen molar-refractivity contribution in [2.45, 2.75) is 36.2 Å². The minimum Gasteiger partial charge on any atom is -0.424 e. The second-order valence-corrected chi connectivity index (χ2v) is 11.7. The Morgan fingerprint density at radius 2 is 2.14 bits per heavy atom. The van der Waals surface area contributed by atoms with Crippen LogP contribution in [0.25, 0.3) is 5.65 Å². The third kappa shape index (κ3) is 4.85. The number of nitrogen functional groups attached to an aromatic ring is 1. The predicted molar refractivity (Wildman–Crippen MR) is 131 cm³/mol. The molecule has 3 heterocycles. The number of aliphatic hydroxyl groups is 1. The molecule has 3 aromatic rings. The van der Waals surface area contributed by atoms with E-state index < -0.39 is 42.5 Å². The lowest BCUT2D eigenvalue weighted by atomic mass is 9.94. The summed E-state index contributed by atoms with van der Waals surface area (Å²) < 4.78 is 44.9. The Morgan fingerprint density at radius 1 is 1.43 bits per heavy atom. The molecule has 0 amide bonds. The lowest BCUT2D eigenvalue weighted by Gasteiger charge is -2.28. The van der Waals surface area contributed by atoms with Crippen molar-refractivity contribution in [3.8, 4) is 11.8 Å². The average Bonchev–Trinajstić information content (AvgIpc) is 3.37. The summed E-state index contributed by atoms with van der Waals surface area (Å²) in [5, 5.41) is 24.8. The molecule has 1 aliphatic rings. The molecule has 1 saturated heterocycles. The number of imidazole rings is 1. The van der Waals surface area contributed by atoms with Crippen LogP contribution in [-0.4, -0.2) is 60.0 Å². The largest absolute Gasteiger partial charge is 0.424 e. The van der Waals surface area contributed by atoms with Crippen molar-refractivity contribution in [3.63, 3.8) is 0 Å². The van der Waals surface area contributed by atoms with E-state index in [1.165, 1.54) is 6.92 Å². The molecule has 37 heavy (non-hydrogen) atoms. The van der Waals surface area contributed by atoms with Gasteiger partial charge in [-0.3, -0.25) is 9.32 Å². The highest BCUT2D eigenvalue weighted by Gasteiger charge is 2.69. The molecule has 0 aliphatic carbocycles. The maximum absolute atomic E-state index is 16.1. The zero-order chi connectivity index (χ0) is 27.0. The first-order valence-electron chi connectivity index (χ1n) is 11.0. The van der Waals surface area contributed by atoms with Crippen molar-refractivity contribution in [2.24, 2.45) is 5.92 Å². The van der Waals surface area contributed by atoms with E-state index >= 15 is 4.39 Å². The number of nitrogens with zero attached hydrogens (tertiary/aromatic N) is 5. The van der Waals surface area contributed by atoms with Crippen LogP contribution in [0.3, 0.4) is 0 Å². The molecule has 196 valence electrons. The number of halogens is 2. The maximum Gasteiger partial charge on any atom is 0.379 e. The molecule has 1 fully saturated rings. The number of para-hydroxylation sites is 1. The lowest BCUT2D eigenvalue weighted by molar-refractivity contribution is -0.119. The van der Waals surface area contributed by atoms with Crippen molar-refractivity contribution < 1.29 is 32.6 Å². The number of fused-ring (bicyclic) bond motifs is 1. The number of carbonyl (C=O) groups excluding carboxylic acids is 1. The van der Waals surface area contributed by atoms with Crippen LogP contribution in [0.15, 0.2) is 42.9 Å².